The summed E-state index contributed by atoms with van der Waals surface area (Å²) < 4.78 is 0. The van der Waals surface area contributed by atoms with Gasteiger partial charge in [-0.2, -0.15) is 0 Å². The summed E-state index contributed by atoms with van der Waals surface area (Å²) in [7, 11) is 0. The van der Waals surface area contributed by atoms with E-state index in [9.17, 15) is 19.2 Å². The molecule has 6 nitrogen and oxygen atoms in total. The van der Waals surface area contributed by atoms with Crippen molar-refractivity contribution in [3.05, 3.63) is 173 Å². The van der Waals surface area contributed by atoms with Gasteiger partial charge in [-0.25, -0.2) is 0 Å². The van der Waals surface area contributed by atoms with Crippen molar-refractivity contribution in [3.8, 4) is 0 Å². The minimum absolute atomic E-state index is 0.197. The van der Waals surface area contributed by atoms with Crippen LogP contribution in [0.25, 0.3) is 10.8 Å². The molecule has 7 heteroatoms. The van der Waals surface area contributed by atoms with Gasteiger partial charge in [0, 0.05) is 32.8 Å². The summed E-state index contributed by atoms with van der Waals surface area (Å²) in [6.07, 6.45) is 0. The summed E-state index contributed by atoms with van der Waals surface area (Å²) in [5, 5.41) is 7.28. The molecule has 0 heterocycles. The number of amides is 2. The number of hydrogen-bond donors (Lipinski definition) is 2. The van der Waals surface area contributed by atoms with Gasteiger partial charge in [0.05, 0.1) is 11.3 Å². The number of ketones is 2. The second-order valence-corrected chi connectivity index (χ2v) is 12.0. The molecule has 0 radical (unpaired) electrons. The number of carbonyl (C=O) groups is 4. The molecule has 6 aromatic carbocycles. The Bertz CT molecular complexity index is 2160. The Balaban J connectivity index is 1.11. The molecular formula is C39H26N2O4S. The smallest absolute Gasteiger partial charge is 0.255 e. The Kier molecular flexibility index (Phi) is 7.74. The minimum Gasteiger partial charge on any atom is -0.324 e. The molecule has 1 aliphatic carbocycles. The van der Waals surface area contributed by atoms with Gasteiger partial charge in [-0.05, 0) is 58.8 Å². The van der Waals surface area contributed by atoms with Crippen LogP contribution in [-0.4, -0.2) is 23.4 Å². The molecule has 7 rings (SSSR count). The molecule has 222 valence electrons. The molecule has 0 fully saturated rings. The maximum Gasteiger partial charge on any atom is 0.255 e. The Morgan fingerprint density at radius 1 is 0.565 bits per heavy atom. The molecule has 0 spiro atoms. The summed E-state index contributed by atoms with van der Waals surface area (Å²) in [5.74, 6) is -1.10. The fourth-order valence-electron chi connectivity index (χ4n) is 5.63. The SMILES string of the molecule is O=C(Nc1ccc(SC(C(=O)Nc2cccc3c2C(=O)c2ccccc2C3=O)c2ccccc2)cc1)c1ccc2ccccc2c1. The van der Waals surface area contributed by atoms with E-state index in [-0.39, 0.29) is 34.5 Å². The fourth-order valence-corrected chi connectivity index (χ4v) is 6.66. The first-order valence-electron chi connectivity index (χ1n) is 14.7. The zero-order chi connectivity index (χ0) is 31.6. The van der Waals surface area contributed by atoms with Crippen LogP contribution in [0.15, 0.2) is 144 Å². The summed E-state index contributed by atoms with van der Waals surface area (Å²) in [5.41, 5.74) is 3.41. The molecule has 6 aromatic rings. The number of carbonyl (C=O) groups excluding carboxylic acids is 4. The van der Waals surface area contributed by atoms with Crippen molar-refractivity contribution in [3.63, 3.8) is 0 Å². The first-order chi connectivity index (χ1) is 22.5. The number of hydrogen-bond acceptors (Lipinski definition) is 5. The van der Waals surface area contributed by atoms with Gasteiger partial charge in [-0.1, -0.05) is 97.1 Å². The van der Waals surface area contributed by atoms with Crippen molar-refractivity contribution < 1.29 is 19.2 Å². The van der Waals surface area contributed by atoms with Crippen molar-refractivity contribution in [1.29, 1.82) is 0 Å². The predicted molar refractivity (Wildman–Crippen MR) is 182 cm³/mol. The maximum absolute atomic E-state index is 13.9. The fraction of sp³-hybridized carbons (Fsp3) is 0.0256. The molecule has 0 aromatic heterocycles. The van der Waals surface area contributed by atoms with E-state index in [0.717, 1.165) is 21.2 Å². The first-order valence-corrected chi connectivity index (χ1v) is 15.6. The third-order valence-electron chi connectivity index (χ3n) is 7.93. The van der Waals surface area contributed by atoms with Crippen molar-refractivity contribution in [2.24, 2.45) is 0 Å². The van der Waals surface area contributed by atoms with Crippen LogP contribution in [0.2, 0.25) is 0 Å². The van der Waals surface area contributed by atoms with Crippen molar-refractivity contribution in [2.75, 3.05) is 10.6 Å². The Labute approximate surface area is 269 Å². The summed E-state index contributed by atoms with van der Waals surface area (Å²) in [6.45, 7) is 0. The highest BCUT2D eigenvalue weighted by molar-refractivity contribution is 8.00. The molecule has 2 amide bonds. The minimum atomic E-state index is -0.670. The van der Waals surface area contributed by atoms with Crippen LogP contribution in [0.3, 0.4) is 0 Å². The van der Waals surface area contributed by atoms with E-state index in [2.05, 4.69) is 10.6 Å². The van der Waals surface area contributed by atoms with Gasteiger partial charge in [0.1, 0.15) is 5.25 Å². The molecule has 0 aliphatic heterocycles. The number of benzene rings is 6. The molecular weight excluding hydrogens is 593 g/mol. The van der Waals surface area contributed by atoms with Crippen LogP contribution in [0.1, 0.15) is 53.0 Å². The topological polar surface area (TPSA) is 92.3 Å². The lowest BCUT2D eigenvalue weighted by molar-refractivity contribution is -0.115. The Morgan fingerprint density at radius 3 is 1.98 bits per heavy atom. The standard InChI is InChI=1S/C39H26N2O4S/c42-35-30-13-6-7-14-31(30)36(43)34-32(35)15-8-16-33(34)41-39(45)37(25-10-2-1-3-11-25)46-29-21-19-28(20-22-29)40-38(44)27-18-17-24-9-4-5-12-26(24)23-27/h1-23,37H,(H,40,44)(H,41,45). The number of thioether (sulfide) groups is 1. The highest BCUT2D eigenvalue weighted by atomic mass is 32.2. The van der Waals surface area contributed by atoms with Crippen LogP contribution in [0.5, 0.6) is 0 Å². The van der Waals surface area contributed by atoms with Gasteiger partial charge in [0.15, 0.2) is 11.6 Å². The predicted octanol–water partition coefficient (Wildman–Crippen LogP) is 8.34. The lowest BCUT2D eigenvalue weighted by Gasteiger charge is -2.22. The quantitative estimate of drug-likeness (QED) is 0.175. The van der Waals surface area contributed by atoms with E-state index in [0.29, 0.717) is 28.1 Å². The van der Waals surface area contributed by atoms with Crippen LogP contribution >= 0.6 is 11.8 Å². The largest absolute Gasteiger partial charge is 0.324 e. The van der Waals surface area contributed by atoms with Gasteiger partial charge in [0.2, 0.25) is 5.91 Å². The second kappa shape index (κ2) is 12.3. The number of nitrogens with one attached hydrogen (secondary N) is 2. The molecule has 0 saturated heterocycles. The molecule has 0 saturated carbocycles. The van der Waals surface area contributed by atoms with E-state index < -0.39 is 5.25 Å². The molecule has 46 heavy (non-hydrogen) atoms. The van der Waals surface area contributed by atoms with E-state index in [1.165, 1.54) is 11.8 Å². The number of anilines is 2. The lowest BCUT2D eigenvalue weighted by atomic mass is 9.83. The van der Waals surface area contributed by atoms with Gasteiger partial charge in [-0.15, -0.1) is 11.8 Å². The zero-order valence-electron chi connectivity index (χ0n) is 24.4. The molecule has 2 N–H and O–H groups in total. The van der Waals surface area contributed by atoms with Crippen LogP contribution in [-0.2, 0) is 4.79 Å². The van der Waals surface area contributed by atoms with Gasteiger partial charge in [0.25, 0.3) is 5.91 Å². The normalized spacial score (nSPS) is 12.6. The van der Waals surface area contributed by atoms with Crippen molar-refractivity contribution >= 4 is 57.3 Å². The third-order valence-corrected chi connectivity index (χ3v) is 9.19. The first kappa shape index (κ1) is 29.0. The van der Waals surface area contributed by atoms with E-state index in [1.54, 1.807) is 60.7 Å². The average molecular weight is 619 g/mol. The van der Waals surface area contributed by atoms with Crippen molar-refractivity contribution in [2.45, 2.75) is 10.1 Å². The Morgan fingerprint density at radius 2 is 1.22 bits per heavy atom. The lowest BCUT2D eigenvalue weighted by Crippen LogP contribution is -2.25. The number of rotatable bonds is 7. The molecule has 1 atom stereocenters. The zero-order valence-corrected chi connectivity index (χ0v) is 25.2. The van der Waals surface area contributed by atoms with Crippen LogP contribution in [0, 0.1) is 0 Å². The van der Waals surface area contributed by atoms with Crippen molar-refractivity contribution in [1.82, 2.24) is 0 Å². The summed E-state index contributed by atoms with van der Waals surface area (Å²) in [4.78, 5) is 54.4. The van der Waals surface area contributed by atoms with Gasteiger partial charge in [-0.3, -0.25) is 19.2 Å². The van der Waals surface area contributed by atoms with E-state index >= 15 is 0 Å². The Hall–Kier alpha value is -5.79. The van der Waals surface area contributed by atoms with Gasteiger partial charge >= 0.3 is 0 Å². The van der Waals surface area contributed by atoms with Crippen LogP contribution in [0.4, 0.5) is 11.4 Å². The summed E-state index contributed by atoms with van der Waals surface area (Å²) in [6, 6.07) is 41.8. The molecule has 1 unspecified atom stereocenters. The number of fused-ring (bicyclic) bond motifs is 3. The maximum atomic E-state index is 13.9. The molecule has 1 aliphatic rings. The van der Waals surface area contributed by atoms with Gasteiger partial charge < -0.3 is 10.6 Å². The monoisotopic (exact) mass is 618 g/mol. The van der Waals surface area contributed by atoms with E-state index in [4.69, 9.17) is 0 Å². The van der Waals surface area contributed by atoms with Crippen LogP contribution < -0.4 is 10.6 Å². The molecule has 0 bridgehead atoms. The highest BCUT2D eigenvalue weighted by Crippen LogP contribution is 2.38. The summed E-state index contributed by atoms with van der Waals surface area (Å²) >= 11 is 1.35. The average Bonchev–Trinajstić information content (AvgIpc) is 3.10. The third kappa shape index (κ3) is 5.60. The van der Waals surface area contributed by atoms with E-state index in [1.807, 2.05) is 78.9 Å². The highest BCUT2D eigenvalue weighted by Gasteiger charge is 2.32. The second-order valence-electron chi connectivity index (χ2n) is 10.9.